The second-order valence-corrected chi connectivity index (χ2v) is 29.5. The zero-order chi connectivity index (χ0) is 70.4. The minimum atomic E-state index is -1.44. The molecule has 0 saturated heterocycles. The van der Waals surface area contributed by atoms with E-state index < -0.39 is 7.12 Å². The first-order valence-corrected chi connectivity index (χ1v) is 36.6. The average Bonchev–Trinajstić information content (AvgIpc) is 1.56. The van der Waals surface area contributed by atoms with Gasteiger partial charge in [-0.2, -0.15) is 0 Å². The summed E-state index contributed by atoms with van der Waals surface area (Å²) in [6, 6.07) is 126. The maximum absolute atomic E-state index is 9.50. The zero-order valence-electron chi connectivity index (χ0n) is 58.2. The summed E-state index contributed by atoms with van der Waals surface area (Å²) in [6.07, 6.45) is 0. The minimum Gasteiger partial charge on any atom is -0.423 e. The predicted molar refractivity (Wildman–Crippen MR) is 442 cm³/mol. The Labute approximate surface area is 617 Å². The molecule has 0 saturated carbocycles. The highest BCUT2D eigenvalue weighted by Gasteiger charge is 2.41. The third-order valence-electron chi connectivity index (χ3n) is 22.0. The van der Waals surface area contributed by atoms with Gasteiger partial charge in [-0.3, -0.25) is 0 Å². The number of rotatable bonds is 10. The Balaban J connectivity index is 0.000000123. The van der Waals surface area contributed by atoms with Crippen molar-refractivity contribution in [3.63, 3.8) is 0 Å². The van der Waals surface area contributed by atoms with Crippen molar-refractivity contribution in [1.29, 1.82) is 0 Å². The molecule has 2 N–H and O–H groups in total. The minimum absolute atomic E-state index is 0.0971. The summed E-state index contributed by atoms with van der Waals surface area (Å²) in [6.45, 7) is 9.43. The van der Waals surface area contributed by atoms with Gasteiger partial charge in [0.25, 0.3) is 0 Å². The van der Waals surface area contributed by atoms with Crippen LogP contribution in [0.4, 0.5) is 34.1 Å². The average molecular weight is 1400 g/mol. The lowest BCUT2D eigenvalue weighted by molar-refractivity contribution is 0.426. The topological polar surface area (TPSA) is 46.9 Å². The van der Waals surface area contributed by atoms with E-state index >= 15 is 0 Å². The first-order valence-electron chi connectivity index (χ1n) is 35.8. The van der Waals surface area contributed by atoms with Gasteiger partial charge >= 0.3 is 7.12 Å². The van der Waals surface area contributed by atoms with E-state index in [-0.39, 0.29) is 10.8 Å². The molecular formula is C98H72BBrN2O2. The number of nitrogens with zero attached hydrogens (tertiary/aromatic N) is 2. The fourth-order valence-electron chi connectivity index (χ4n) is 17.2. The van der Waals surface area contributed by atoms with E-state index in [9.17, 15) is 10.0 Å². The molecule has 4 aliphatic rings. The van der Waals surface area contributed by atoms with Crippen LogP contribution in [0, 0.1) is 0 Å². The summed E-state index contributed by atoms with van der Waals surface area (Å²) < 4.78 is 1.08. The van der Waals surface area contributed by atoms with Gasteiger partial charge in [0, 0.05) is 38.1 Å². The molecule has 0 unspecified atom stereocenters. The van der Waals surface area contributed by atoms with Gasteiger partial charge in [0.2, 0.25) is 0 Å². The lowest BCUT2D eigenvalue weighted by Gasteiger charge is -2.32. The SMILES string of the molecule is CC1(C)c2ccccc2-c2cccc(N(c3ccc(-c4ccccc4)cc3)c3ccc(-c4ccc5c6c(cccc46)-c4ccccc4-5)cc3)c21.CC1(C)c2ccccc2-c2cccc(N(c3ccc(Br)cc3)c3ccc(-c4ccccc4)cc3)c21.OB(O)c1ccc2c3c(cccc13)-c1ccccc1-2. The van der Waals surface area contributed by atoms with Gasteiger partial charge in [-0.15, -0.1) is 0 Å². The van der Waals surface area contributed by atoms with Crippen LogP contribution in [0.2, 0.25) is 0 Å². The molecule has 4 aliphatic carbocycles. The molecule has 6 heteroatoms. The van der Waals surface area contributed by atoms with Crippen molar-refractivity contribution in [2.75, 3.05) is 9.80 Å². The van der Waals surface area contributed by atoms with E-state index in [1.54, 1.807) is 6.07 Å². The highest BCUT2D eigenvalue weighted by Crippen LogP contribution is 2.57. The van der Waals surface area contributed by atoms with Crippen LogP contribution in [0.25, 0.3) is 122 Å². The maximum Gasteiger partial charge on any atom is 0.489 e. The van der Waals surface area contributed by atoms with Crippen LogP contribution < -0.4 is 15.3 Å². The second-order valence-electron chi connectivity index (χ2n) is 28.5. The van der Waals surface area contributed by atoms with Gasteiger partial charge in [-0.25, -0.2) is 0 Å². The molecule has 0 fully saturated rings. The fourth-order valence-corrected chi connectivity index (χ4v) is 17.5. The Kier molecular flexibility index (Phi) is 16.0. The van der Waals surface area contributed by atoms with Crippen molar-refractivity contribution in [2.45, 2.75) is 38.5 Å². The number of fused-ring (bicyclic) bond motifs is 12. The van der Waals surface area contributed by atoms with Crippen LogP contribution in [0.1, 0.15) is 49.9 Å². The number of benzene rings is 16. The summed E-state index contributed by atoms with van der Waals surface area (Å²) in [5.41, 5.74) is 35.6. The Morgan fingerprint density at radius 1 is 0.250 bits per heavy atom. The molecule has 16 aromatic carbocycles. The van der Waals surface area contributed by atoms with Crippen LogP contribution in [0.5, 0.6) is 0 Å². The van der Waals surface area contributed by atoms with Crippen molar-refractivity contribution in [3.05, 3.63) is 379 Å². The Hall–Kier alpha value is -11.9. The molecule has 0 amide bonds. The quantitative estimate of drug-likeness (QED) is 0.134. The lowest BCUT2D eigenvalue weighted by Crippen LogP contribution is -2.30. The van der Waals surface area contributed by atoms with Gasteiger partial charge in [0.05, 0.1) is 11.4 Å². The van der Waals surface area contributed by atoms with E-state index in [4.69, 9.17) is 0 Å². The van der Waals surface area contributed by atoms with Crippen LogP contribution in [-0.2, 0) is 10.8 Å². The Bertz CT molecular complexity index is 5950. The van der Waals surface area contributed by atoms with Crippen LogP contribution in [0.3, 0.4) is 0 Å². The molecule has 4 nitrogen and oxygen atoms in total. The molecule has 0 aliphatic heterocycles. The van der Waals surface area contributed by atoms with Gasteiger partial charge in [0.15, 0.2) is 0 Å². The monoisotopic (exact) mass is 1400 g/mol. The number of anilines is 6. The van der Waals surface area contributed by atoms with Crippen molar-refractivity contribution in [1.82, 2.24) is 0 Å². The van der Waals surface area contributed by atoms with E-state index in [1.807, 2.05) is 30.3 Å². The number of halogens is 1. The van der Waals surface area contributed by atoms with Crippen LogP contribution in [-0.4, -0.2) is 17.2 Å². The van der Waals surface area contributed by atoms with Crippen molar-refractivity contribution in [3.8, 4) is 100 Å². The van der Waals surface area contributed by atoms with Crippen molar-refractivity contribution in [2.24, 2.45) is 0 Å². The lowest BCUT2D eigenvalue weighted by atomic mass is 9.76. The van der Waals surface area contributed by atoms with Crippen LogP contribution >= 0.6 is 15.9 Å². The van der Waals surface area contributed by atoms with Gasteiger partial charge in [0.1, 0.15) is 0 Å². The zero-order valence-corrected chi connectivity index (χ0v) is 59.8. The molecule has 0 bridgehead atoms. The van der Waals surface area contributed by atoms with Gasteiger partial charge in [-0.1, -0.05) is 323 Å². The molecule has 0 heterocycles. The molecule has 496 valence electrons. The summed E-state index contributed by atoms with van der Waals surface area (Å²) in [7, 11) is -1.44. The standard InChI is InChI=1S/C49H35N.C33H26BrN.C16H11BO2/c1-49(2)45-20-9-8-16-40(45)44-19-11-21-46(48(44)49)50(35-26-22-33(23-27-35)32-12-4-3-5-13-32)36-28-24-34(25-29-36)37-30-31-43-39-15-7-6-14-38(39)42-18-10-17-41(37)47(42)43;1-33(2)30-13-7-6-11-28(30)29-12-8-14-31(32(29)33)35(27-21-17-25(34)18-22-27)26-19-15-24(16-20-26)23-9-4-3-5-10-23;18-17(19)15-9-8-13-11-5-2-1-4-10(11)12-6-3-7-14(15)16(12)13/h3-31H,1-2H3;3-22H,1-2H3;1-9,18-19H. The summed E-state index contributed by atoms with van der Waals surface area (Å²) in [5, 5.41) is 23.7. The van der Waals surface area contributed by atoms with Crippen molar-refractivity contribution >= 4 is 84.2 Å². The van der Waals surface area contributed by atoms with Gasteiger partial charge in [-0.05, 0) is 222 Å². The molecule has 0 aromatic heterocycles. The Morgan fingerprint density at radius 2 is 0.558 bits per heavy atom. The molecule has 0 atom stereocenters. The summed E-state index contributed by atoms with van der Waals surface area (Å²) in [4.78, 5) is 4.85. The third kappa shape index (κ3) is 10.7. The highest BCUT2D eigenvalue weighted by molar-refractivity contribution is 9.10. The van der Waals surface area contributed by atoms with E-state index in [0.717, 1.165) is 38.0 Å². The van der Waals surface area contributed by atoms with Crippen molar-refractivity contribution < 1.29 is 10.0 Å². The second kappa shape index (κ2) is 25.9. The van der Waals surface area contributed by atoms with E-state index in [1.165, 1.54) is 145 Å². The Morgan fingerprint density at radius 3 is 0.990 bits per heavy atom. The smallest absolute Gasteiger partial charge is 0.423 e. The molecular weight excluding hydrogens is 1330 g/mol. The molecule has 0 spiro atoms. The van der Waals surface area contributed by atoms with Gasteiger partial charge < -0.3 is 19.8 Å². The number of hydrogen-bond donors (Lipinski definition) is 2. The number of hydrogen-bond acceptors (Lipinski definition) is 4. The molecule has 104 heavy (non-hydrogen) atoms. The van der Waals surface area contributed by atoms with E-state index in [0.29, 0.717) is 5.46 Å². The summed E-state index contributed by atoms with van der Waals surface area (Å²) >= 11 is 3.61. The highest BCUT2D eigenvalue weighted by atomic mass is 79.9. The third-order valence-corrected chi connectivity index (χ3v) is 22.5. The molecule has 0 radical (unpaired) electrons. The molecule has 20 rings (SSSR count). The maximum atomic E-state index is 9.50. The largest absolute Gasteiger partial charge is 0.489 e. The molecule has 16 aromatic rings. The first-order chi connectivity index (χ1) is 50.9. The first kappa shape index (κ1) is 64.2. The fraction of sp³-hybridized carbons (Fsp3) is 0.0612. The summed E-state index contributed by atoms with van der Waals surface area (Å²) in [5.74, 6) is 0. The normalized spacial score (nSPS) is 12.9. The van der Waals surface area contributed by atoms with Crippen LogP contribution in [0.15, 0.2) is 356 Å². The van der Waals surface area contributed by atoms with E-state index in [2.05, 4.69) is 369 Å². The predicted octanol–water partition coefficient (Wildman–Crippen LogP) is 25.7.